The first kappa shape index (κ1) is 15.9. The van der Waals surface area contributed by atoms with Gasteiger partial charge in [-0.2, -0.15) is 10.4 Å². The quantitative estimate of drug-likeness (QED) is 0.916. The number of aryl methyl sites for hydroxylation is 2. The van der Waals surface area contributed by atoms with E-state index in [1.807, 2.05) is 37.3 Å². The van der Waals surface area contributed by atoms with Crippen LogP contribution in [0.25, 0.3) is 0 Å². The van der Waals surface area contributed by atoms with E-state index in [0.717, 1.165) is 11.4 Å². The van der Waals surface area contributed by atoms with E-state index in [1.165, 1.54) is 0 Å². The first-order valence-electron chi connectivity index (χ1n) is 7.89. The Balaban J connectivity index is 1.62. The molecular formula is C17H20N6O. The number of aromatic nitrogens is 2. The summed E-state index contributed by atoms with van der Waals surface area (Å²) in [6, 6.07) is 11.5. The van der Waals surface area contributed by atoms with E-state index in [0.29, 0.717) is 37.6 Å². The second-order valence-electron chi connectivity index (χ2n) is 5.83. The average Bonchev–Trinajstić information content (AvgIpc) is 2.92. The Bertz CT molecular complexity index is 783. The van der Waals surface area contributed by atoms with Crippen LogP contribution in [0.1, 0.15) is 11.3 Å². The van der Waals surface area contributed by atoms with Crippen LogP contribution in [0.15, 0.2) is 30.3 Å². The molecule has 3 rings (SSSR count). The van der Waals surface area contributed by atoms with Crippen molar-refractivity contribution in [2.24, 2.45) is 7.05 Å². The molecule has 0 atom stereocenters. The van der Waals surface area contributed by atoms with E-state index in [4.69, 9.17) is 0 Å². The van der Waals surface area contributed by atoms with Crippen molar-refractivity contribution < 1.29 is 4.79 Å². The van der Waals surface area contributed by atoms with Crippen LogP contribution in [0, 0.1) is 18.3 Å². The molecule has 0 radical (unpaired) electrons. The molecule has 7 heteroatoms. The third kappa shape index (κ3) is 3.18. The second-order valence-corrected chi connectivity index (χ2v) is 5.83. The van der Waals surface area contributed by atoms with Crippen LogP contribution in [-0.2, 0) is 7.05 Å². The number of hydrogen-bond donors (Lipinski definition) is 1. The first-order valence-corrected chi connectivity index (χ1v) is 7.89. The molecule has 1 fully saturated rings. The molecule has 124 valence electrons. The van der Waals surface area contributed by atoms with Gasteiger partial charge in [0, 0.05) is 39.3 Å². The van der Waals surface area contributed by atoms with Gasteiger partial charge in [-0.1, -0.05) is 12.1 Å². The molecule has 1 aliphatic heterocycles. The number of nitrogens with zero attached hydrogens (tertiary/aromatic N) is 5. The van der Waals surface area contributed by atoms with Gasteiger partial charge in [0.05, 0.1) is 16.9 Å². The van der Waals surface area contributed by atoms with Gasteiger partial charge in [0.2, 0.25) is 0 Å². The molecule has 0 saturated carbocycles. The Kier molecular flexibility index (Phi) is 4.38. The van der Waals surface area contributed by atoms with Crippen LogP contribution < -0.4 is 10.2 Å². The summed E-state index contributed by atoms with van der Waals surface area (Å²) >= 11 is 0. The number of amides is 2. The number of para-hydroxylation sites is 1. The Labute approximate surface area is 141 Å². The minimum Gasteiger partial charge on any atom is -0.367 e. The van der Waals surface area contributed by atoms with Crippen LogP contribution in [0.5, 0.6) is 0 Å². The summed E-state index contributed by atoms with van der Waals surface area (Å²) in [6.45, 7) is 4.53. The number of nitriles is 1. The molecule has 0 bridgehead atoms. The van der Waals surface area contributed by atoms with Gasteiger partial charge in [0.15, 0.2) is 0 Å². The molecule has 0 unspecified atom stereocenters. The summed E-state index contributed by atoms with van der Waals surface area (Å²) in [6.07, 6.45) is 0. The van der Waals surface area contributed by atoms with Gasteiger partial charge in [-0.15, -0.1) is 0 Å². The van der Waals surface area contributed by atoms with E-state index in [9.17, 15) is 10.1 Å². The highest BCUT2D eigenvalue weighted by molar-refractivity contribution is 5.88. The summed E-state index contributed by atoms with van der Waals surface area (Å²) in [4.78, 5) is 16.3. The second kappa shape index (κ2) is 6.62. The minimum atomic E-state index is -0.119. The minimum absolute atomic E-state index is 0.119. The number of anilines is 2. The number of piperazine rings is 1. The maximum Gasteiger partial charge on any atom is 0.323 e. The highest BCUT2D eigenvalue weighted by atomic mass is 16.2. The van der Waals surface area contributed by atoms with E-state index in [2.05, 4.69) is 21.4 Å². The molecule has 1 saturated heterocycles. The molecule has 1 N–H and O–H groups in total. The first-order chi connectivity index (χ1) is 11.6. The lowest BCUT2D eigenvalue weighted by atomic mass is 10.1. The summed E-state index contributed by atoms with van der Waals surface area (Å²) in [7, 11) is 1.80. The number of carbonyl (C=O) groups is 1. The fraction of sp³-hybridized carbons (Fsp3) is 0.353. The standard InChI is InChI=1S/C17H20N6O/c1-13-11-16(21(2)20-13)19-17(24)23-9-7-22(8-10-23)15-6-4-3-5-14(15)12-18/h3-6,11H,7-10H2,1-2H3,(H,19,24). The van der Waals surface area contributed by atoms with Gasteiger partial charge in [-0.25, -0.2) is 4.79 Å². The van der Waals surface area contributed by atoms with Gasteiger partial charge in [0.1, 0.15) is 11.9 Å². The average molecular weight is 324 g/mol. The number of rotatable bonds is 2. The Morgan fingerprint density at radius 3 is 2.58 bits per heavy atom. The number of benzene rings is 1. The lowest BCUT2D eigenvalue weighted by molar-refractivity contribution is 0.208. The number of carbonyl (C=O) groups excluding carboxylic acids is 1. The van der Waals surface area contributed by atoms with Crippen LogP contribution in [-0.4, -0.2) is 46.9 Å². The molecule has 0 aliphatic carbocycles. The summed E-state index contributed by atoms with van der Waals surface area (Å²) in [5.41, 5.74) is 2.47. The Morgan fingerprint density at radius 1 is 1.25 bits per heavy atom. The SMILES string of the molecule is Cc1cc(NC(=O)N2CCN(c3ccccc3C#N)CC2)n(C)n1. The molecule has 24 heavy (non-hydrogen) atoms. The van der Waals surface area contributed by atoms with Crippen LogP contribution in [0.2, 0.25) is 0 Å². The summed E-state index contributed by atoms with van der Waals surface area (Å²) < 4.78 is 1.66. The Morgan fingerprint density at radius 2 is 1.96 bits per heavy atom. The van der Waals surface area contributed by atoms with Crippen molar-refractivity contribution in [2.75, 3.05) is 36.4 Å². The molecular weight excluding hydrogens is 304 g/mol. The van der Waals surface area contributed by atoms with Crippen molar-refractivity contribution >= 4 is 17.5 Å². The molecule has 2 amide bonds. The maximum atomic E-state index is 12.4. The zero-order chi connectivity index (χ0) is 17.1. The van der Waals surface area contributed by atoms with Crippen molar-refractivity contribution in [3.63, 3.8) is 0 Å². The smallest absolute Gasteiger partial charge is 0.323 e. The van der Waals surface area contributed by atoms with E-state index >= 15 is 0 Å². The van der Waals surface area contributed by atoms with Crippen molar-refractivity contribution in [3.05, 3.63) is 41.6 Å². The summed E-state index contributed by atoms with van der Waals surface area (Å²) in [5, 5.41) is 16.3. The Hall–Kier alpha value is -3.01. The van der Waals surface area contributed by atoms with Gasteiger partial charge in [0.25, 0.3) is 0 Å². The molecule has 7 nitrogen and oxygen atoms in total. The van der Waals surface area contributed by atoms with Crippen molar-refractivity contribution in [1.29, 1.82) is 5.26 Å². The van der Waals surface area contributed by atoms with Crippen molar-refractivity contribution in [2.45, 2.75) is 6.92 Å². The number of nitrogens with one attached hydrogen (secondary N) is 1. The van der Waals surface area contributed by atoms with Crippen LogP contribution >= 0.6 is 0 Å². The molecule has 1 aromatic heterocycles. The zero-order valence-corrected chi connectivity index (χ0v) is 13.9. The predicted octanol–water partition coefficient (Wildman–Crippen LogP) is 1.95. The molecule has 2 heterocycles. The number of hydrogen-bond acceptors (Lipinski definition) is 4. The van der Waals surface area contributed by atoms with E-state index in [-0.39, 0.29) is 6.03 Å². The highest BCUT2D eigenvalue weighted by Crippen LogP contribution is 2.21. The fourth-order valence-electron chi connectivity index (χ4n) is 2.91. The normalized spacial score (nSPS) is 14.4. The third-order valence-electron chi connectivity index (χ3n) is 4.17. The maximum absolute atomic E-state index is 12.4. The molecule has 1 aliphatic rings. The molecule has 2 aromatic rings. The third-order valence-corrected chi connectivity index (χ3v) is 4.17. The number of urea groups is 1. The van der Waals surface area contributed by atoms with Gasteiger partial charge in [-0.05, 0) is 19.1 Å². The lowest BCUT2D eigenvalue weighted by Gasteiger charge is -2.36. The topological polar surface area (TPSA) is 77.2 Å². The lowest BCUT2D eigenvalue weighted by Crippen LogP contribution is -2.50. The zero-order valence-electron chi connectivity index (χ0n) is 13.9. The molecule has 0 spiro atoms. The van der Waals surface area contributed by atoms with Crippen LogP contribution in [0.3, 0.4) is 0 Å². The van der Waals surface area contributed by atoms with Gasteiger partial charge >= 0.3 is 6.03 Å². The highest BCUT2D eigenvalue weighted by Gasteiger charge is 2.23. The fourth-order valence-corrected chi connectivity index (χ4v) is 2.91. The predicted molar refractivity (Wildman–Crippen MR) is 91.9 cm³/mol. The monoisotopic (exact) mass is 324 g/mol. The van der Waals surface area contributed by atoms with E-state index < -0.39 is 0 Å². The van der Waals surface area contributed by atoms with E-state index in [1.54, 1.807) is 16.6 Å². The van der Waals surface area contributed by atoms with Gasteiger partial charge in [-0.3, -0.25) is 10.00 Å². The van der Waals surface area contributed by atoms with Gasteiger partial charge < -0.3 is 9.80 Å². The van der Waals surface area contributed by atoms with Crippen molar-refractivity contribution in [3.8, 4) is 6.07 Å². The van der Waals surface area contributed by atoms with Crippen molar-refractivity contribution in [1.82, 2.24) is 14.7 Å². The van der Waals surface area contributed by atoms with Crippen LogP contribution in [0.4, 0.5) is 16.3 Å². The molecule has 1 aromatic carbocycles. The summed E-state index contributed by atoms with van der Waals surface area (Å²) in [5.74, 6) is 0.690. The largest absolute Gasteiger partial charge is 0.367 e.